The van der Waals surface area contributed by atoms with E-state index < -0.39 is 0 Å². The second-order valence-electron chi connectivity index (χ2n) is 5.27. The Balaban J connectivity index is 1.63. The quantitative estimate of drug-likeness (QED) is 0.844. The minimum Gasteiger partial charge on any atom is -0.324 e. The molecular formula is C17H19NS. The van der Waals surface area contributed by atoms with Crippen molar-refractivity contribution in [3.05, 3.63) is 65.2 Å². The number of thioether (sulfide) groups is 1. The van der Waals surface area contributed by atoms with Crippen LogP contribution in [0.15, 0.2) is 53.4 Å². The van der Waals surface area contributed by atoms with E-state index in [1.165, 1.54) is 28.2 Å². The van der Waals surface area contributed by atoms with E-state index in [1.54, 1.807) is 5.56 Å². The monoisotopic (exact) mass is 269 g/mol. The van der Waals surface area contributed by atoms with Gasteiger partial charge < -0.3 is 5.73 Å². The van der Waals surface area contributed by atoms with Crippen molar-refractivity contribution in [3.8, 4) is 0 Å². The first-order valence-electron chi connectivity index (χ1n) is 6.80. The van der Waals surface area contributed by atoms with E-state index in [0.717, 1.165) is 5.92 Å². The molecule has 2 N–H and O–H groups in total. The fourth-order valence-electron chi connectivity index (χ4n) is 2.60. The van der Waals surface area contributed by atoms with Gasteiger partial charge in [-0.05, 0) is 48.1 Å². The molecule has 0 aromatic heterocycles. The van der Waals surface area contributed by atoms with Crippen molar-refractivity contribution >= 4 is 11.8 Å². The minimum atomic E-state index is 0.116. The van der Waals surface area contributed by atoms with Gasteiger partial charge in [0.25, 0.3) is 0 Å². The summed E-state index contributed by atoms with van der Waals surface area (Å²) < 4.78 is 0. The number of rotatable bonds is 4. The van der Waals surface area contributed by atoms with Gasteiger partial charge in [0.05, 0.1) is 0 Å². The summed E-state index contributed by atoms with van der Waals surface area (Å²) in [5.74, 6) is 1.89. The first-order chi connectivity index (χ1) is 9.24. The van der Waals surface area contributed by atoms with Gasteiger partial charge in [-0.15, -0.1) is 11.8 Å². The van der Waals surface area contributed by atoms with Crippen LogP contribution >= 0.6 is 11.8 Å². The van der Waals surface area contributed by atoms with E-state index in [-0.39, 0.29) is 6.04 Å². The highest BCUT2D eigenvalue weighted by atomic mass is 32.2. The van der Waals surface area contributed by atoms with Crippen LogP contribution < -0.4 is 5.73 Å². The molecule has 2 atom stereocenters. The Bertz CT molecular complexity index is 577. The van der Waals surface area contributed by atoms with E-state index >= 15 is 0 Å². The molecule has 19 heavy (non-hydrogen) atoms. The Labute approximate surface area is 119 Å². The SMILES string of the molecule is CC(N)c1cccc(SCC2Cc3ccccc32)c1. The van der Waals surface area contributed by atoms with Gasteiger partial charge in [-0.25, -0.2) is 0 Å². The molecule has 1 aliphatic rings. The summed E-state index contributed by atoms with van der Waals surface area (Å²) in [7, 11) is 0. The molecule has 0 bridgehead atoms. The highest BCUT2D eigenvalue weighted by Gasteiger charge is 2.25. The molecule has 2 aromatic carbocycles. The lowest BCUT2D eigenvalue weighted by Crippen LogP contribution is -2.18. The van der Waals surface area contributed by atoms with E-state index in [4.69, 9.17) is 5.73 Å². The van der Waals surface area contributed by atoms with Gasteiger partial charge in [0, 0.05) is 16.7 Å². The number of hydrogen-bond donors (Lipinski definition) is 1. The average Bonchev–Trinajstić information content (AvgIpc) is 2.40. The third-order valence-electron chi connectivity index (χ3n) is 3.80. The van der Waals surface area contributed by atoms with Crippen LogP contribution in [0.4, 0.5) is 0 Å². The lowest BCUT2D eigenvalue weighted by molar-refractivity contribution is 0.677. The zero-order valence-corrected chi connectivity index (χ0v) is 12.0. The predicted octanol–water partition coefficient (Wildman–Crippen LogP) is 4.14. The molecule has 0 saturated carbocycles. The number of benzene rings is 2. The fraction of sp³-hybridized carbons (Fsp3) is 0.294. The molecule has 2 aromatic rings. The maximum atomic E-state index is 5.93. The lowest BCUT2D eigenvalue weighted by atomic mass is 9.79. The molecular weight excluding hydrogens is 250 g/mol. The summed E-state index contributed by atoms with van der Waals surface area (Å²) in [6, 6.07) is 17.5. The molecule has 98 valence electrons. The summed E-state index contributed by atoms with van der Waals surface area (Å²) in [6.45, 7) is 2.03. The normalized spacial score (nSPS) is 18.5. The van der Waals surface area contributed by atoms with Gasteiger partial charge in [-0.2, -0.15) is 0 Å². The van der Waals surface area contributed by atoms with Crippen LogP contribution in [0.25, 0.3) is 0 Å². The van der Waals surface area contributed by atoms with Crippen molar-refractivity contribution in [1.29, 1.82) is 0 Å². The van der Waals surface area contributed by atoms with E-state index in [2.05, 4.69) is 48.5 Å². The van der Waals surface area contributed by atoms with Gasteiger partial charge in [-0.3, -0.25) is 0 Å². The molecule has 2 unspecified atom stereocenters. The summed E-state index contributed by atoms with van der Waals surface area (Å²) in [4.78, 5) is 1.33. The molecule has 1 aliphatic carbocycles. The highest BCUT2D eigenvalue weighted by Crippen LogP contribution is 2.38. The lowest BCUT2D eigenvalue weighted by Gasteiger charge is -2.29. The van der Waals surface area contributed by atoms with Crippen molar-refractivity contribution < 1.29 is 0 Å². The van der Waals surface area contributed by atoms with E-state index in [0.29, 0.717) is 0 Å². The predicted molar refractivity (Wildman–Crippen MR) is 82.7 cm³/mol. The first-order valence-corrected chi connectivity index (χ1v) is 7.79. The van der Waals surface area contributed by atoms with Crippen LogP contribution in [0, 0.1) is 0 Å². The Morgan fingerprint density at radius 1 is 1.21 bits per heavy atom. The van der Waals surface area contributed by atoms with Crippen molar-refractivity contribution in [3.63, 3.8) is 0 Å². The van der Waals surface area contributed by atoms with Crippen LogP contribution in [0.3, 0.4) is 0 Å². The molecule has 0 aliphatic heterocycles. The molecule has 0 amide bonds. The average molecular weight is 269 g/mol. The first kappa shape index (κ1) is 12.8. The number of nitrogens with two attached hydrogens (primary N) is 1. The van der Waals surface area contributed by atoms with Crippen molar-refractivity contribution in [2.75, 3.05) is 5.75 Å². The summed E-state index contributed by atoms with van der Waals surface area (Å²) >= 11 is 1.94. The summed E-state index contributed by atoms with van der Waals surface area (Å²) in [6.07, 6.45) is 1.23. The third kappa shape index (κ3) is 2.70. The smallest absolute Gasteiger partial charge is 0.0266 e. The van der Waals surface area contributed by atoms with Crippen LogP contribution in [-0.2, 0) is 6.42 Å². The summed E-state index contributed by atoms with van der Waals surface area (Å²) in [5, 5.41) is 0. The maximum Gasteiger partial charge on any atom is 0.0266 e. The van der Waals surface area contributed by atoms with Gasteiger partial charge in [0.1, 0.15) is 0 Å². The zero-order valence-electron chi connectivity index (χ0n) is 11.2. The Kier molecular flexibility index (Phi) is 3.63. The number of hydrogen-bond acceptors (Lipinski definition) is 2. The number of fused-ring (bicyclic) bond motifs is 1. The van der Waals surface area contributed by atoms with Crippen LogP contribution in [0.5, 0.6) is 0 Å². The molecule has 0 radical (unpaired) electrons. The second-order valence-corrected chi connectivity index (χ2v) is 6.37. The minimum absolute atomic E-state index is 0.116. The van der Waals surface area contributed by atoms with Crippen molar-refractivity contribution in [1.82, 2.24) is 0 Å². The Morgan fingerprint density at radius 2 is 2.05 bits per heavy atom. The standard InChI is InChI=1S/C17H19NS/c1-12(18)13-6-4-7-16(10-13)19-11-15-9-14-5-2-3-8-17(14)15/h2-8,10,12,15H,9,11,18H2,1H3. The second kappa shape index (κ2) is 5.40. The summed E-state index contributed by atoms with van der Waals surface area (Å²) in [5.41, 5.74) is 10.2. The molecule has 0 heterocycles. The van der Waals surface area contributed by atoms with Gasteiger partial charge >= 0.3 is 0 Å². The third-order valence-corrected chi connectivity index (χ3v) is 4.95. The molecule has 1 nitrogen and oxygen atoms in total. The van der Waals surface area contributed by atoms with Gasteiger partial charge in [0.15, 0.2) is 0 Å². The maximum absolute atomic E-state index is 5.93. The largest absolute Gasteiger partial charge is 0.324 e. The molecule has 0 saturated heterocycles. The van der Waals surface area contributed by atoms with Crippen molar-refractivity contribution in [2.45, 2.75) is 30.2 Å². The van der Waals surface area contributed by atoms with Crippen LogP contribution in [-0.4, -0.2) is 5.75 Å². The van der Waals surface area contributed by atoms with Gasteiger partial charge in [-0.1, -0.05) is 36.4 Å². The van der Waals surface area contributed by atoms with Crippen LogP contribution in [0.1, 0.15) is 35.6 Å². The topological polar surface area (TPSA) is 26.0 Å². The molecule has 0 spiro atoms. The highest BCUT2D eigenvalue weighted by molar-refractivity contribution is 7.99. The van der Waals surface area contributed by atoms with Crippen LogP contribution in [0.2, 0.25) is 0 Å². The van der Waals surface area contributed by atoms with E-state index in [9.17, 15) is 0 Å². The van der Waals surface area contributed by atoms with Gasteiger partial charge in [0.2, 0.25) is 0 Å². The Morgan fingerprint density at radius 3 is 2.84 bits per heavy atom. The Hall–Kier alpha value is -1.25. The molecule has 0 fully saturated rings. The fourth-order valence-corrected chi connectivity index (χ4v) is 3.68. The molecule has 3 rings (SSSR count). The van der Waals surface area contributed by atoms with E-state index in [1.807, 2.05) is 18.7 Å². The van der Waals surface area contributed by atoms with Crippen molar-refractivity contribution in [2.24, 2.45) is 5.73 Å². The molecule has 2 heteroatoms. The zero-order chi connectivity index (χ0) is 13.2.